The Balaban J connectivity index is 3.17. The van der Waals surface area contributed by atoms with Crippen LogP contribution in [0, 0.1) is 0 Å². The zero-order valence-corrected chi connectivity index (χ0v) is 9.00. The van der Waals surface area contributed by atoms with E-state index in [1.165, 1.54) is 5.19 Å². The van der Waals surface area contributed by atoms with Crippen LogP contribution >= 0.6 is 23.2 Å². The monoisotopic (exact) mass is 203 g/mol. The maximum absolute atomic E-state index is 5.98. The van der Waals surface area contributed by atoms with E-state index in [-0.39, 0.29) is 0 Å². The summed E-state index contributed by atoms with van der Waals surface area (Å²) in [4.78, 5) is 0. The van der Waals surface area contributed by atoms with Crippen LogP contribution in [0.4, 0.5) is 0 Å². The SMILES string of the molecule is C[Si](C)c1cccc(Cl)c1Cl. The number of hydrogen-bond acceptors (Lipinski definition) is 0. The Bertz CT molecular complexity index is 258. The molecule has 0 nitrogen and oxygen atoms in total. The zero-order valence-electron chi connectivity index (χ0n) is 6.49. The van der Waals surface area contributed by atoms with E-state index >= 15 is 0 Å². The molecule has 3 heteroatoms. The van der Waals surface area contributed by atoms with Gasteiger partial charge in [-0.2, -0.15) is 0 Å². The minimum Gasteiger partial charge on any atom is -0.0829 e. The number of halogens is 2. The Kier molecular flexibility index (Phi) is 2.99. The number of rotatable bonds is 1. The second-order valence-corrected chi connectivity index (χ2v) is 5.93. The highest BCUT2D eigenvalue weighted by atomic mass is 35.5. The van der Waals surface area contributed by atoms with Crippen LogP contribution in [0.15, 0.2) is 18.2 Å². The molecule has 0 aliphatic heterocycles. The van der Waals surface area contributed by atoms with Crippen LogP contribution in [0.25, 0.3) is 0 Å². The van der Waals surface area contributed by atoms with Crippen molar-refractivity contribution in [3.8, 4) is 0 Å². The third-order valence-corrected chi connectivity index (χ3v) is 3.96. The van der Waals surface area contributed by atoms with Crippen molar-refractivity contribution in [3.63, 3.8) is 0 Å². The van der Waals surface area contributed by atoms with Crippen molar-refractivity contribution in [3.05, 3.63) is 28.2 Å². The van der Waals surface area contributed by atoms with Crippen molar-refractivity contribution in [1.82, 2.24) is 0 Å². The molecule has 0 saturated heterocycles. The fourth-order valence-electron chi connectivity index (χ4n) is 0.890. The zero-order chi connectivity index (χ0) is 8.43. The summed E-state index contributed by atoms with van der Waals surface area (Å²) in [6.07, 6.45) is 0. The standard InChI is InChI=1S/C8H9Cl2Si/c1-11(2)7-5-3-4-6(9)8(7)10/h3-5H,1-2H3. The average molecular weight is 204 g/mol. The molecule has 1 rings (SSSR count). The maximum Gasteiger partial charge on any atom is 0.0812 e. The quantitative estimate of drug-likeness (QED) is 0.617. The predicted molar refractivity (Wildman–Crippen MR) is 53.6 cm³/mol. The van der Waals surface area contributed by atoms with Gasteiger partial charge >= 0.3 is 0 Å². The van der Waals surface area contributed by atoms with Gasteiger partial charge in [0.15, 0.2) is 0 Å². The molecule has 0 aliphatic carbocycles. The van der Waals surface area contributed by atoms with Crippen LogP contribution in [0.2, 0.25) is 23.1 Å². The molecule has 0 spiro atoms. The van der Waals surface area contributed by atoms with Gasteiger partial charge in [-0.1, -0.05) is 48.4 Å². The molecular weight excluding hydrogens is 195 g/mol. The van der Waals surface area contributed by atoms with Crippen LogP contribution in [-0.4, -0.2) is 8.80 Å². The molecule has 0 aromatic heterocycles. The first-order valence-corrected chi connectivity index (χ1v) is 6.63. The molecule has 0 amide bonds. The largest absolute Gasteiger partial charge is 0.0829 e. The van der Waals surface area contributed by atoms with Gasteiger partial charge in [0.25, 0.3) is 0 Å². The van der Waals surface area contributed by atoms with Crippen molar-refractivity contribution < 1.29 is 0 Å². The Morgan fingerprint density at radius 1 is 1.18 bits per heavy atom. The molecule has 1 radical (unpaired) electrons. The first-order valence-electron chi connectivity index (χ1n) is 3.37. The topological polar surface area (TPSA) is 0 Å². The van der Waals surface area contributed by atoms with E-state index in [1.807, 2.05) is 18.2 Å². The van der Waals surface area contributed by atoms with E-state index in [4.69, 9.17) is 23.2 Å². The molecule has 0 aliphatic rings. The van der Waals surface area contributed by atoms with Crippen molar-refractivity contribution in [1.29, 1.82) is 0 Å². The van der Waals surface area contributed by atoms with Crippen LogP contribution in [0.1, 0.15) is 0 Å². The van der Waals surface area contributed by atoms with Crippen molar-refractivity contribution >= 4 is 37.2 Å². The Morgan fingerprint density at radius 3 is 2.27 bits per heavy atom. The van der Waals surface area contributed by atoms with E-state index in [9.17, 15) is 0 Å². The lowest BCUT2D eigenvalue weighted by molar-refractivity contribution is 1.73. The van der Waals surface area contributed by atoms with Gasteiger partial charge in [-0.25, -0.2) is 0 Å². The predicted octanol–water partition coefficient (Wildman–Crippen LogP) is 2.95. The Morgan fingerprint density at radius 2 is 1.82 bits per heavy atom. The lowest BCUT2D eigenvalue weighted by Gasteiger charge is -2.06. The van der Waals surface area contributed by atoms with Gasteiger partial charge in [0.2, 0.25) is 0 Å². The Hall–Kier alpha value is 0.0169. The van der Waals surface area contributed by atoms with E-state index in [0.717, 1.165) is 5.02 Å². The highest BCUT2D eigenvalue weighted by Crippen LogP contribution is 2.18. The third-order valence-electron chi connectivity index (χ3n) is 1.49. The average Bonchev–Trinajstić information content (AvgIpc) is 1.94. The summed E-state index contributed by atoms with van der Waals surface area (Å²) in [6, 6.07) is 5.81. The van der Waals surface area contributed by atoms with E-state index in [1.54, 1.807) is 0 Å². The molecule has 0 saturated carbocycles. The molecule has 0 atom stereocenters. The fraction of sp³-hybridized carbons (Fsp3) is 0.250. The van der Waals surface area contributed by atoms with Crippen LogP contribution < -0.4 is 5.19 Å². The second-order valence-electron chi connectivity index (χ2n) is 2.60. The van der Waals surface area contributed by atoms with E-state index in [0.29, 0.717) is 5.02 Å². The summed E-state index contributed by atoms with van der Waals surface area (Å²) < 4.78 is 0. The minimum absolute atomic E-state index is 0.481. The van der Waals surface area contributed by atoms with Crippen molar-refractivity contribution in [2.45, 2.75) is 13.1 Å². The van der Waals surface area contributed by atoms with Crippen molar-refractivity contribution in [2.24, 2.45) is 0 Å². The van der Waals surface area contributed by atoms with Gasteiger partial charge in [-0.15, -0.1) is 0 Å². The molecular formula is C8H9Cl2Si. The summed E-state index contributed by atoms with van der Waals surface area (Å²) in [5.41, 5.74) is 0. The van der Waals surface area contributed by atoms with Gasteiger partial charge in [0.05, 0.1) is 18.8 Å². The maximum atomic E-state index is 5.98. The molecule has 0 bridgehead atoms. The van der Waals surface area contributed by atoms with Gasteiger partial charge < -0.3 is 0 Å². The lowest BCUT2D eigenvalue weighted by atomic mass is 10.4. The molecule has 59 valence electrons. The lowest BCUT2D eigenvalue weighted by Crippen LogP contribution is -2.23. The fourth-order valence-corrected chi connectivity index (χ4v) is 2.84. The summed E-state index contributed by atoms with van der Waals surface area (Å²) >= 11 is 11.8. The number of benzene rings is 1. The highest BCUT2D eigenvalue weighted by Gasteiger charge is 2.07. The van der Waals surface area contributed by atoms with Gasteiger partial charge in [-0.3, -0.25) is 0 Å². The Labute approximate surface area is 78.7 Å². The van der Waals surface area contributed by atoms with Crippen LogP contribution in [-0.2, 0) is 0 Å². The second kappa shape index (κ2) is 3.61. The summed E-state index contributed by atoms with van der Waals surface area (Å²) in [5, 5.41) is 2.60. The first-order chi connectivity index (χ1) is 5.13. The molecule has 0 unspecified atom stereocenters. The van der Waals surface area contributed by atoms with E-state index in [2.05, 4.69) is 13.1 Å². The van der Waals surface area contributed by atoms with Gasteiger partial charge in [-0.05, 0) is 11.3 Å². The molecule has 0 heterocycles. The van der Waals surface area contributed by atoms with Crippen molar-refractivity contribution in [2.75, 3.05) is 0 Å². The first kappa shape index (κ1) is 9.11. The van der Waals surface area contributed by atoms with E-state index < -0.39 is 8.80 Å². The van der Waals surface area contributed by atoms with Gasteiger partial charge in [0.1, 0.15) is 0 Å². The third kappa shape index (κ3) is 1.98. The minimum atomic E-state index is -0.481. The molecule has 1 aromatic carbocycles. The number of hydrogen-bond donors (Lipinski definition) is 0. The highest BCUT2D eigenvalue weighted by molar-refractivity contribution is 6.73. The molecule has 0 N–H and O–H groups in total. The smallest absolute Gasteiger partial charge is 0.0812 e. The summed E-state index contributed by atoms with van der Waals surface area (Å²) in [7, 11) is -0.481. The molecule has 0 fully saturated rings. The molecule has 1 aromatic rings. The van der Waals surface area contributed by atoms with Gasteiger partial charge in [0, 0.05) is 0 Å². The molecule has 11 heavy (non-hydrogen) atoms. The summed E-state index contributed by atoms with van der Waals surface area (Å²) in [6.45, 7) is 4.39. The van der Waals surface area contributed by atoms with Crippen LogP contribution in [0.3, 0.4) is 0 Å². The summed E-state index contributed by atoms with van der Waals surface area (Å²) in [5.74, 6) is 0. The normalized spacial score (nSPS) is 10.6. The van der Waals surface area contributed by atoms with Crippen LogP contribution in [0.5, 0.6) is 0 Å².